The summed E-state index contributed by atoms with van der Waals surface area (Å²) in [6.07, 6.45) is -0.244. The van der Waals surface area contributed by atoms with Gasteiger partial charge in [-0.2, -0.15) is 0 Å². The van der Waals surface area contributed by atoms with E-state index in [4.69, 9.17) is 9.79 Å². The van der Waals surface area contributed by atoms with Gasteiger partial charge in [0.15, 0.2) is 0 Å². The highest BCUT2D eigenvalue weighted by atomic mass is 31.2. The topological polar surface area (TPSA) is 52.9 Å². The molecular formula is C4H12NO3P. The molecule has 0 aromatic heterocycles. The van der Waals surface area contributed by atoms with E-state index < -0.39 is 8.60 Å². The first-order valence-electron chi connectivity index (χ1n) is 2.55. The highest BCUT2D eigenvalue weighted by Gasteiger charge is 2.08. The van der Waals surface area contributed by atoms with Crippen molar-refractivity contribution in [3.63, 3.8) is 0 Å². The molecular weight excluding hydrogens is 141 g/mol. The summed E-state index contributed by atoms with van der Waals surface area (Å²) >= 11 is 0. The van der Waals surface area contributed by atoms with Crippen molar-refractivity contribution in [2.45, 2.75) is 13.2 Å². The van der Waals surface area contributed by atoms with Crippen molar-refractivity contribution in [3.8, 4) is 0 Å². The van der Waals surface area contributed by atoms with Crippen molar-refractivity contribution in [2.24, 2.45) is 0 Å². The van der Waals surface area contributed by atoms with E-state index in [1.54, 1.807) is 25.9 Å². The number of nitrogens with zero attached hydrogens (tertiary/aromatic N) is 1. The van der Waals surface area contributed by atoms with Crippen LogP contribution in [0.1, 0.15) is 6.92 Å². The van der Waals surface area contributed by atoms with Crippen LogP contribution in [0.3, 0.4) is 0 Å². The van der Waals surface area contributed by atoms with Crippen molar-refractivity contribution >= 4 is 8.60 Å². The van der Waals surface area contributed by atoms with Crippen LogP contribution in [0.5, 0.6) is 0 Å². The molecule has 4 nitrogen and oxygen atoms in total. The second-order valence-electron chi connectivity index (χ2n) is 1.92. The normalized spacial score (nSPS) is 15.0. The first-order chi connectivity index (χ1) is 4.04. The van der Waals surface area contributed by atoms with Crippen LogP contribution >= 0.6 is 8.60 Å². The lowest BCUT2D eigenvalue weighted by molar-refractivity contribution is 0.0680. The molecule has 0 aliphatic heterocycles. The summed E-state index contributed by atoms with van der Waals surface area (Å²) in [6, 6.07) is 0. The summed E-state index contributed by atoms with van der Waals surface area (Å²) < 4.78 is 4.61. The van der Waals surface area contributed by atoms with Crippen LogP contribution in [-0.4, -0.2) is 35.0 Å². The lowest BCUT2D eigenvalue weighted by Crippen LogP contribution is -2.25. The zero-order valence-electron chi connectivity index (χ0n) is 5.77. The molecule has 56 valence electrons. The Hall–Kier alpha value is 0.270. The van der Waals surface area contributed by atoms with Gasteiger partial charge >= 0.3 is 8.60 Å². The molecule has 0 saturated heterocycles. The third-order valence-electron chi connectivity index (χ3n) is 0.974. The van der Waals surface area contributed by atoms with Crippen LogP contribution < -0.4 is 0 Å². The maximum Gasteiger partial charge on any atom is 0.328 e. The van der Waals surface area contributed by atoms with Gasteiger partial charge < -0.3 is 9.79 Å². The van der Waals surface area contributed by atoms with Crippen molar-refractivity contribution < 1.29 is 14.3 Å². The molecule has 0 amide bonds. The monoisotopic (exact) mass is 153 g/mol. The van der Waals surface area contributed by atoms with Crippen LogP contribution in [-0.2, 0) is 4.52 Å². The number of hydrogen-bond acceptors (Lipinski definition) is 4. The minimum Gasteiger partial charge on any atom is -0.328 e. The zero-order chi connectivity index (χ0) is 7.44. The van der Waals surface area contributed by atoms with E-state index in [1.165, 1.54) is 0 Å². The van der Waals surface area contributed by atoms with Gasteiger partial charge in [0.1, 0.15) is 6.23 Å². The van der Waals surface area contributed by atoms with Gasteiger partial charge in [0.2, 0.25) is 0 Å². The lowest BCUT2D eigenvalue weighted by Gasteiger charge is -2.19. The SMILES string of the molecule is CC(OP(O)O)N(C)C. The van der Waals surface area contributed by atoms with Gasteiger partial charge in [-0.05, 0) is 21.0 Å². The summed E-state index contributed by atoms with van der Waals surface area (Å²) in [7, 11) is 1.38. The molecule has 0 aliphatic rings. The Morgan fingerprint density at radius 3 is 2.00 bits per heavy atom. The van der Waals surface area contributed by atoms with E-state index in [-0.39, 0.29) is 6.23 Å². The van der Waals surface area contributed by atoms with E-state index >= 15 is 0 Å². The molecule has 9 heavy (non-hydrogen) atoms. The summed E-state index contributed by atoms with van der Waals surface area (Å²) in [6.45, 7) is 1.74. The van der Waals surface area contributed by atoms with Gasteiger partial charge in [-0.25, -0.2) is 0 Å². The van der Waals surface area contributed by atoms with E-state index in [0.717, 1.165) is 0 Å². The Morgan fingerprint density at radius 2 is 1.89 bits per heavy atom. The third kappa shape index (κ3) is 4.75. The predicted molar refractivity (Wildman–Crippen MR) is 35.6 cm³/mol. The lowest BCUT2D eigenvalue weighted by atomic mass is 10.6. The molecule has 5 heteroatoms. The third-order valence-corrected chi connectivity index (χ3v) is 1.47. The van der Waals surface area contributed by atoms with Crippen LogP contribution in [0, 0.1) is 0 Å². The minimum atomic E-state index is -2.21. The zero-order valence-corrected chi connectivity index (χ0v) is 6.67. The standard InChI is InChI=1S/C4H12NO3P/c1-4(5(2)3)8-9(6)7/h4,6-7H,1-3H3. The highest BCUT2D eigenvalue weighted by Crippen LogP contribution is 2.26. The first-order valence-corrected chi connectivity index (χ1v) is 3.71. The number of rotatable bonds is 3. The van der Waals surface area contributed by atoms with Crippen molar-refractivity contribution in [2.75, 3.05) is 14.1 Å². The van der Waals surface area contributed by atoms with Crippen LogP contribution in [0.4, 0.5) is 0 Å². The maximum absolute atomic E-state index is 8.34. The molecule has 1 atom stereocenters. The highest BCUT2D eigenvalue weighted by molar-refractivity contribution is 7.39. The molecule has 1 unspecified atom stereocenters. The minimum absolute atomic E-state index is 0.244. The second kappa shape index (κ2) is 4.14. The van der Waals surface area contributed by atoms with Crippen molar-refractivity contribution in [1.29, 1.82) is 0 Å². The summed E-state index contributed by atoms with van der Waals surface area (Å²) in [5.41, 5.74) is 0. The van der Waals surface area contributed by atoms with E-state index in [0.29, 0.717) is 0 Å². The fourth-order valence-corrected chi connectivity index (χ4v) is 0.692. The summed E-state index contributed by atoms with van der Waals surface area (Å²) in [4.78, 5) is 18.4. The predicted octanol–water partition coefficient (Wildman–Crippen LogP) is 0.122. The quantitative estimate of drug-likeness (QED) is 0.446. The van der Waals surface area contributed by atoms with Crippen LogP contribution in [0.2, 0.25) is 0 Å². The molecule has 0 rings (SSSR count). The smallest absolute Gasteiger partial charge is 0.328 e. The molecule has 2 N–H and O–H groups in total. The van der Waals surface area contributed by atoms with Crippen molar-refractivity contribution in [3.05, 3.63) is 0 Å². The Bertz CT molecular complexity index is 78.2. The largest absolute Gasteiger partial charge is 0.328 e. The van der Waals surface area contributed by atoms with Crippen molar-refractivity contribution in [1.82, 2.24) is 4.90 Å². The molecule has 0 saturated carbocycles. The van der Waals surface area contributed by atoms with Gasteiger partial charge in [0, 0.05) is 0 Å². The van der Waals surface area contributed by atoms with E-state index in [2.05, 4.69) is 4.52 Å². The van der Waals surface area contributed by atoms with Gasteiger partial charge in [-0.3, -0.25) is 9.42 Å². The van der Waals surface area contributed by atoms with Gasteiger partial charge in [-0.15, -0.1) is 0 Å². The average Bonchev–Trinajstić information content (AvgIpc) is 1.63. The summed E-state index contributed by atoms with van der Waals surface area (Å²) in [5, 5.41) is 0. The van der Waals surface area contributed by atoms with Gasteiger partial charge in [-0.1, -0.05) is 0 Å². The van der Waals surface area contributed by atoms with Gasteiger partial charge in [0.05, 0.1) is 0 Å². The maximum atomic E-state index is 8.34. The van der Waals surface area contributed by atoms with Crippen LogP contribution in [0.15, 0.2) is 0 Å². The molecule has 0 bridgehead atoms. The van der Waals surface area contributed by atoms with E-state index in [9.17, 15) is 0 Å². The molecule has 0 spiro atoms. The summed E-state index contributed by atoms with van der Waals surface area (Å²) in [5.74, 6) is 0. The molecule has 0 heterocycles. The fraction of sp³-hybridized carbons (Fsp3) is 1.00. The van der Waals surface area contributed by atoms with Gasteiger partial charge in [0.25, 0.3) is 0 Å². The Morgan fingerprint density at radius 1 is 1.44 bits per heavy atom. The Labute approximate surface area is 56.1 Å². The van der Waals surface area contributed by atoms with Crippen LogP contribution in [0.25, 0.3) is 0 Å². The molecule has 0 fully saturated rings. The number of hydrogen-bond donors (Lipinski definition) is 2. The average molecular weight is 153 g/mol. The second-order valence-corrected chi connectivity index (χ2v) is 2.64. The molecule has 0 radical (unpaired) electrons. The Balaban J connectivity index is 3.38. The Kier molecular flexibility index (Phi) is 4.27. The first kappa shape index (κ1) is 9.27. The molecule has 0 aromatic carbocycles. The molecule has 0 aliphatic carbocycles. The molecule has 0 aromatic rings. The van der Waals surface area contributed by atoms with E-state index in [1.807, 2.05) is 0 Å². The fourth-order valence-electron chi connectivity index (χ4n) is 0.231.